The fraction of sp³-hybridized carbons (Fsp3) is 0.143. The van der Waals surface area contributed by atoms with Gasteiger partial charge in [0.25, 0.3) is 10.0 Å². The summed E-state index contributed by atoms with van der Waals surface area (Å²) in [5.41, 5.74) is 0.439. The van der Waals surface area contributed by atoms with E-state index in [0.717, 1.165) is 0 Å². The van der Waals surface area contributed by atoms with Crippen molar-refractivity contribution >= 4 is 31.6 Å². The van der Waals surface area contributed by atoms with Crippen molar-refractivity contribution in [2.45, 2.75) is 11.8 Å². The minimum atomic E-state index is -3.66. The number of hydrogen-bond acceptors (Lipinski definition) is 2. The summed E-state index contributed by atoms with van der Waals surface area (Å²) < 4.78 is 40.1. The van der Waals surface area contributed by atoms with Crippen LogP contribution in [-0.2, 0) is 10.0 Å². The summed E-state index contributed by atoms with van der Waals surface area (Å²) in [7, 11) is -3.66. The van der Waals surface area contributed by atoms with Gasteiger partial charge in [0.15, 0.2) is 0 Å². The van der Waals surface area contributed by atoms with Gasteiger partial charge in [0.2, 0.25) is 0 Å². The first-order valence-corrected chi connectivity index (χ1v) is 8.22. The second kappa shape index (κ2) is 5.93. The summed E-state index contributed by atoms with van der Waals surface area (Å²) >= 11 is 3.26. The predicted octanol–water partition coefficient (Wildman–Crippen LogP) is 3.80. The predicted molar refractivity (Wildman–Crippen MR) is 80.7 cm³/mol. The van der Waals surface area contributed by atoms with Crippen LogP contribution in [0.15, 0.2) is 57.9 Å². The lowest BCUT2D eigenvalue weighted by Gasteiger charge is -2.23. The zero-order chi connectivity index (χ0) is 14.8. The summed E-state index contributed by atoms with van der Waals surface area (Å²) in [6.07, 6.45) is 0. The van der Waals surface area contributed by atoms with Gasteiger partial charge < -0.3 is 0 Å². The average Bonchev–Trinajstić information content (AvgIpc) is 2.41. The van der Waals surface area contributed by atoms with Crippen molar-refractivity contribution in [3.8, 4) is 0 Å². The first kappa shape index (κ1) is 15.0. The molecule has 0 aliphatic rings. The van der Waals surface area contributed by atoms with Crippen LogP contribution in [0.3, 0.4) is 0 Å². The molecule has 0 spiro atoms. The highest BCUT2D eigenvalue weighted by Gasteiger charge is 2.23. The molecule has 2 rings (SSSR count). The van der Waals surface area contributed by atoms with Crippen LogP contribution < -0.4 is 4.31 Å². The second-order valence-corrected chi connectivity index (χ2v) is 6.88. The third-order valence-corrected chi connectivity index (χ3v) is 5.18. The number of halogens is 2. The van der Waals surface area contributed by atoms with Crippen LogP contribution in [-0.4, -0.2) is 15.0 Å². The van der Waals surface area contributed by atoms with Crippen LogP contribution in [0.2, 0.25) is 0 Å². The first-order chi connectivity index (χ1) is 9.45. The number of anilines is 1. The number of sulfonamides is 1. The molecule has 0 aromatic heterocycles. The molecule has 0 fully saturated rings. The van der Waals surface area contributed by atoms with Crippen LogP contribution in [0.1, 0.15) is 6.92 Å². The molecule has 0 saturated carbocycles. The van der Waals surface area contributed by atoms with E-state index in [0.29, 0.717) is 10.2 Å². The summed E-state index contributed by atoms with van der Waals surface area (Å²) in [5.74, 6) is -0.398. The van der Waals surface area contributed by atoms with Crippen molar-refractivity contribution in [1.29, 1.82) is 0 Å². The van der Waals surface area contributed by atoms with Crippen molar-refractivity contribution in [1.82, 2.24) is 0 Å². The minimum Gasteiger partial charge on any atom is -0.267 e. The van der Waals surface area contributed by atoms with E-state index in [2.05, 4.69) is 15.9 Å². The Bertz CT molecular complexity index is 701. The Morgan fingerprint density at radius 3 is 2.35 bits per heavy atom. The molecule has 3 nitrogen and oxygen atoms in total. The van der Waals surface area contributed by atoms with Crippen molar-refractivity contribution in [3.63, 3.8) is 0 Å². The molecule has 0 atom stereocenters. The van der Waals surface area contributed by atoms with Crippen LogP contribution in [0.4, 0.5) is 10.1 Å². The molecule has 0 amide bonds. The number of benzene rings is 2. The van der Waals surface area contributed by atoms with Crippen molar-refractivity contribution < 1.29 is 12.8 Å². The van der Waals surface area contributed by atoms with E-state index in [4.69, 9.17) is 0 Å². The quantitative estimate of drug-likeness (QED) is 0.834. The molecule has 2 aromatic rings. The Balaban J connectivity index is 2.47. The van der Waals surface area contributed by atoms with Crippen LogP contribution >= 0.6 is 15.9 Å². The average molecular weight is 358 g/mol. The smallest absolute Gasteiger partial charge is 0.264 e. The molecular formula is C14H13BrFNO2S. The van der Waals surface area contributed by atoms with Gasteiger partial charge in [-0.1, -0.05) is 22.0 Å². The number of hydrogen-bond donors (Lipinski definition) is 0. The molecule has 20 heavy (non-hydrogen) atoms. The topological polar surface area (TPSA) is 37.4 Å². The number of nitrogens with zero attached hydrogens (tertiary/aromatic N) is 1. The molecule has 106 valence electrons. The molecule has 0 heterocycles. The van der Waals surface area contributed by atoms with Crippen molar-refractivity contribution in [2.75, 3.05) is 10.8 Å². The highest BCUT2D eigenvalue weighted by Crippen LogP contribution is 2.25. The van der Waals surface area contributed by atoms with Gasteiger partial charge in [0, 0.05) is 11.0 Å². The Morgan fingerprint density at radius 2 is 1.80 bits per heavy atom. The molecule has 0 N–H and O–H groups in total. The maximum atomic E-state index is 13.0. The van der Waals surface area contributed by atoms with Crippen LogP contribution in [0.25, 0.3) is 0 Å². The summed E-state index contributed by atoms with van der Waals surface area (Å²) in [6, 6.07) is 11.9. The SMILES string of the molecule is CCN(c1ccc(F)cc1)S(=O)(=O)c1cccc(Br)c1. The van der Waals surface area contributed by atoms with Gasteiger partial charge in [-0.3, -0.25) is 4.31 Å². The minimum absolute atomic E-state index is 0.193. The number of rotatable bonds is 4. The van der Waals surface area contributed by atoms with Crippen molar-refractivity contribution in [2.24, 2.45) is 0 Å². The lowest BCUT2D eigenvalue weighted by atomic mass is 10.3. The van der Waals surface area contributed by atoms with Gasteiger partial charge in [-0.2, -0.15) is 0 Å². The van der Waals surface area contributed by atoms with Crippen LogP contribution in [0, 0.1) is 5.82 Å². The normalized spacial score (nSPS) is 11.3. The Morgan fingerprint density at radius 1 is 1.15 bits per heavy atom. The molecule has 2 aromatic carbocycles. The molecule has 0 aliphatic carbocycles. The summed E-state index contributed by atoms with van der Waals surface area (Å²) in [4.78, 5) is 0.193. The van der Waals surface area contributed by atoms with Crippen LogP contribution in [0.5, 0.6) is 0 Å². The molecule has 0 saturated heterocycles. The standard InChI is InChI=1S/C14H13BrFNO2S/c1-2-17(13-8-6-12(16)7-9-13)20(18,19)14-5-3-4-11(15)10-14/h3-10H,2H2,1H3. The zero-order valence-corrected chi connectivity index (χ0v) is 13.2. The van der Waals surface area contributed by atoms with Gasteiger partial charge in [-0.25, -0.2) is 12.8 Å². The molecular weight excluding hydrogens is 345 g/mol. The molecule has 6 heteroatoms. The first-order valence-electron chi connectivity index (χ1n) is 5.99. The Kier molecular flexibility index (Phi) is 4.45. The Hall–Kier alpha value is -1.40. The van der Waals surface area contributed by atoms with E-state index in [1.165, 1.54) is 34.6 Å². The largest absolute Gasteiger partial charge is 0.267 e. The van der Waals surface area contributed by atoms with E-state index in [1.807, 2.05) is 0 Å². The molecule has 0 unspecified atom stereocenters. The molecule has 0 bridgehead atoms. The summed E-state index contributed by atoms with van der Waals surface area (Å²) in [6.45, 7) is 2.00. The van der Waals surface area contributed by atoms with Gasteiger partial charge >= 0.3 is 0 Å². The van der Waals surface area contributed by atoms with E-state index in [1.54, 1.807) is 25.1 Å². The highest BCUT2D eigenvalue weighted by molar-refractivity contribution is 9.10. The molecule has 0 radical (unpaired) electrons. The molecule has 0 aliphatic heterocycles. The van der Waals surface area contributed by atoms with E-state index in [9.17, 15) is 12.8 Å². The van der Waals surface area contributed by atoms with E-state index in [-0.39, 0.29) is 11.4 Å². The van der Waals surface area contributed by atoms with Gasteiger partial charge in [0.05, 0.1) is 10.6 Å². The third kappa shape index (κ3) is 3.02. The van der Waals surface area contributed by atoms with Gasteiger partial charge in [-0.05, 0) is 49.4 Å². The maximum Gasteiger partial charge on any atom is 0.264 e. The fourth-order valence-corrected chi connectivity index (χ4v) is 3.92. The Labute approximate surface area is 126 Å². The zero-order valence-electron chi connectivity index (χ0n) is 10.8. The maximum absolute atomic E-state index is 13.0. The van der Waals surface area contributed by atoms with E-state index >= 15 is 0 Å². The van der Waals surface area contributed by atoms with Crippen molar-refractivity contribution in [3.05, 3.63) is 58.8 Å². The lowest BCUT2D eigenvalue weighted by molar-refractivity contribution is 0.591. The second-order valence-electron chi connectivity index (χ2n) is 4.10. The highest BCUT2D eigenvalue weighted by atomic mass is 79.9. The summed E-state index contributed by atoms with van der Waals surface area (Å²) in [5, 5.41) is 0. The fourth-order valence-electron chi connectivity index (χ4n) is 1.85. The monoisotopic (exact) mass is 357 g/mol. The van der Waals surface area contributed by atoms with Gasteiger partial charge in [0.1, 0.15) is 5.82 Å². The van der Waals surface area contributed by atoms with E-state index < -0.39 is 15.8 Å². The third-order valence-electron chi connectivity index (χ3n) is 2.79. The lowest BCUT2D eigenvalue weighted by Crippen LogP contribution is -2.30. The van der Waals surface area contributed by atoms with Gasteiger partial charge in [-0.15, -0.1) is 0 Å².